The maximum atomic E-state index is 14.6. The van der Waals surface area contributed by atoms with E-state index in [2.05, 4.69) is 16.0 Å². The summed E-state index contributed by atoms with van der Waals surface area (Å²) in [5.74, 6) is -1.68. The fraction of sp³-hybridized carbons (Fsp3) is 0.0938. The number of halogens is 3. The first-order valence-corrected chi connectivity index (χ1v) is 14.5. The van der Waals surface area contributed by atoms with Gasteiger partial charge in [-0.25, -0.2) is 4.39 Å². The Morgan fingerprint density at radius 2 is 1.58 bits per heavy atom. The van der Waals surface area contributed by atoms with E-state index < -0.39 is 22.9 Å². The Balaban J connectivity index is 1.50. The summed E-state index contributed by atoms with van der Waals surface area (Å²) >= 11 is 13.6. The summed E-state index contributed by atoms with van der Waals surface area (Å²) in [6.45, 7) is 1.74. The van der Waals surface area contributed by atoms with Crippen molar-refractivity contribution in [3.63, 3.8) is 0 Å². The van der Waals surface area contributed by atoms with Crippen molar-refractivity contribution in [3.05, 3.63) is 124 Å². The standard InChI is InChI=1S/C32H26Cl2FN3O4S/c1-19(30(39)36-22-14-15-29(42-2)26(34)17-22)43-23-11-6-10-21(16-23)37-32(41)28(18-24-25(33)12-7-13-27(24)35)38-31(40)20-8-4-3-5-9-20/h3-19H,1-2H3,(H,36,39)(H,37,41)(H,38,40)/b28-18+. The Labute approximate surface area is 262 Å². The first kappa shape index (κ1) is 31.6. The molecule has 0 fully saturated rings. The summed E-state index contributed by atoms with van der Waals surface area (Å²) in [5.41, 5.74) is 0.957. The zero-order valence-electron chi connectivity index (χ0n) is 23.0. The van der Waals surface area contributed by atoms with Gasteiger partial charge in [0.25, 0.3) is 11.8 Å². The smallest absolute Gasteiger partial charge is 0.272 e. The largest absolute Gasteiger partial charge is 0.495 e. The molecule has 4 aromatic rings. The van der Waals surface area contributed by atoms with Crippen molar-refractivity contribution in [2.75, 3.05) is 17.7 Å². The second-order valence-electron chi connectivity index (χ2n) is 9.09. The summed E-state index contributed by atoms with van der Waals surface area (Å²) < 4.78 is 19.7. The molecule has 0 saturated carbocycles. The van der Waals surface area contributed by atoms with E-state index in [1.165, 1.54) is 43.1 Å². The number of anilines is 2. The van der Waals surface area contributed by atoms with E-state index in [4.69, 9.17) is 27.9 Å². The SMILES string of the molecule is COc1ccc(NC(=O)C(C)Sc2cccc(NC(=O)/C(=C\c3c(F)cccc3Cl)NC(=O)c3ccccc3)c2)cc1Cl. The Bertz CT molecular complexity index is 1660. The predicted molar refractivity (Wildman–Crippen MR) is 170 cm³/mol. The number of ether oxygens (including phenoxy) is 1. The lowest BCUT2D eigenvalue weighted by Crippen LogP contribution is -2.30. The van der Waals surface area contributed by atoms with E-state index in [-0.39, 0.29) is 22.2 Å². The van der Waals surface area contributed by atoms with Crippen LogP contribution in [-0.2, 0) is 9.59 Å². The normalized spacial score (nSPS) is 11.8. The topological polar surface area (TPSA) is 96.5 Å². The maximum Gasteiger partial charge on any atom is 0.272 e. The Hall–Kier alpha value is -4.31. The number of carbonyl (C=O) groups is 3. The van der Waals surface area contributed by atoms with Gasteiger partial charge in [0.15, 0.2) is 0 Å². The Morgan fingerprint density at radius 3 is 2.28 bits per heavy atom. The van der Waals surface area contributed by atoms with Crippen molar-refractivity contribution in [1.82, 2.24) is 5.32 Å². The molecule has 3 amide bonds. The lowest BCUT2D eigenvalue weighted by molar-refractivity contribution is -0.115. The second kappa shape index (κ2) is 14.7. The highest BCUT2D eigenvalue weighted by Gasteiger charge is 2.19. The molecule has 11 heteroatoms. The number of nitrogens with one attached hydrogen (secondary N) is 3. The monoisotopic (exact) mass is 637 g/mol. The van der Waals surface area contributed by atoms with Crippen LogP contribution in [0, 0.1) is 5.82 Å². The van der Waals surface area contributed by atoms with Crippen molar-refractivity contribution in [2.45, 2.75) is 17.1 Å². The first-order chi connectivity index (χ1) is 20.6. The highest BCUT2D eigenvalue weighted by molar-refractivity contribution is 8.00. The number of carbonyl (C=O) groups excluding carboxylic acids is 3. The van der Waals surface area contributed by atoms with Gasteiger partial charge in [-0.3, -0.25) is 14.4 Å². The maximum absolute atomic E-state index is 14.6. The van der Waals surface area contributed by atoms with Crippen LogP contribution in [0.15, 0.2) is 102 Å². The lowest BCUT2D eigenvalue weighted by atomic mass is 10.1. The van der Waals surface area contributed by atoms with Crippen LogP contribution in [0.25, 0.3) is 6.08 Å². The molecule has 0 aliphatic carbocycles. The van der Waals surface area contributed by atoms with Gasteiger partial charge in [-0.15, -0.1) is 11.8 Å². The van der Waals surface area contributed by atoms with Crippen molar-refractivity contribution in [2.24, 2.45) is 0 Å². The van der Waals surface area contributed by atoms with Gasteiger partial charge in [0.05, 0.1) is 22.4 Å². The molecule has 220 valence electrons. The summed E-state index contributed by atoms with van der Waals surface area (Å²) in [6, 6.07) is 24.2. The number of methoxy groups -OCH3 is 1. The third-order valence-electron chi connectivity index (χ3n) is 6.01. The summed E-state index contributed by atoms with van der Waals surface area (Å²) in [7, 11) is 1.51. The van der Waals surface area contributed by atoms with Crippen LogP contribution in [0.1, 0.15) is 22.8 Å². The number of amides is 3. The van der Waals surface area contributed by atoms with Gasteiger partial charge in [0.1, 0.15) is 17.3 Å². The molecule has 0 aliphatic heterocycles. The van der Waals surface area contributed by atoms with E-state index in [1.807, 2.05) is 0 Å². The molecular weight excluding hydrogens is 612 g/mol. The molecule has 7 nitrogen and oxygen atoms in total. The molecule has 1 unspecified atom stereocenters. The number of hydrogen-bond acceptors (Lipinski definition) is 5. The number of hydrogen-bond donors (Lipinski definition) is 3. The van der Waals surface area contributed by atoms with Crippen molar-refractivity contribution < 1.29 is 23.5 Å². The third-order valence-corrected chi connectivity index (χ3v) is 7.73. The van der Waals surface area contributed by atoms with Crippen LogP contribution >= 0.6 is 35.0 Å². The third kappa shape index (κ3) is 8.61. The molecule has 0 heterocycles. The molecule has 0 saturated heterocycles. The fourth-order valence-electron chi connectivity index (χ4n) is 3.83. The quantitative estimate of drug-likeness (QED) is 0.122. The van der Waals surface area contributed by atoms with Gasteiger partial charge in [0.2, 0.25) is 5.91 Å². The van der Waals surface area contributed by atoms with Gasteiger partial charge < -0.3 is 20.7 Å². The fourth-order valence-corrected chi connectivity index (χ4v) is 5.23. The number of thioether (sulfide) groups is 1. The minimum Gasteiger partial charge on any atom is -0.495 e. The van der Waals surface area contributed by atoms with Crippen LogP contribution in [0.3, 0.4) is 0 Å². The lowest BCUT2D eigenvalue weighted by Gasteiger charge is -2.15. The van der Waals surface area contributed by atoms with Crippen LogP contribution in [-0.4, -0.2) is 30.1 Å². The number of rotatable bonds is 10. The molecule has 43 heavy (non-hydrogen) atoms. The first-order valence-electron chi connectivity index (χ1n) is 12.9. The molecule has 4 rings (SSSR count). The van der Waals surface area contributed by atoms with E-state index in [1.54, 1.807) is 79.7 Å². The van der Waals surface area contributed by atoms with Crippen molar-refractivity contribution >= 4 is 70.1 Å². The highest BCUT2D eigenvalue weighted by atomic mass is 35.5. The second-order valence-corrected chi connectivity index (χ2v) is 11.3. The van der Waals surface area contributed by atoms with E-state index in [9.17, 15) is 18.8 Å². The number of benzene rings is 4. The Kier molecular flexibility index (Phi) is 10.8. The van der Waals surface area contributed by atoms with Crippen molar-refractivity contribution in [3.8, 4) is 5.75 Å². The van der Waals surface area contributed by atoms with Crippen LogP contribution in [0.4, 0.5) is 15.8 Å². The molecule has 0 aromatic heterocycles. The molecule has 3 N–H and O–H groups in total. The van der Waals surface area contributed by atoms with Crippen molar-refractivity contribution in [1.29, 1.82) is 0 Å². The van der Waals surface area contributed by atoms with Crippen LogP contribution < -0.4 is 20.7 Å². The molecule has 1 atom stereocenters. The molecule has 0 spiro atoms. The molecule has 0 bridgehead atoms. The van der Waals surface area contributed by atoms with Crippen LogP contribution in [0.5, 0.6) is 5.75 Å². The van der Waals surface area contributed by atoms with Gasteiger partial charge in [-0.1, -0.05) is 53.5 Å². The Morgan fingerprint density at radius 1 is 0.860 bits per heavy atom. The van der Waals surface area contributed by atoms with Gasteiger partial charge in [0, 0.05) is 27.4 Å². The van der Waals surface area contributed by atoms with E-state index in [0.717, 1.165) is 0 Å². The average molecular weight is 639 g/mol. The zero-order valence-corrected chi connectivity index (χ0v) is 25.3. The predicted octanol–water partition coefficient (Wildman–Crippen LogP) is 7.67. The minimum absolute atomic E-state index is 0.0510. The molecule has 0 radical (unpaired) electrons. The van der Waals surface area contributed by atoms with Gasteiger partial charge >= 0.3 is 0 Å². The summed E-state index contributed by atoms with van der Waals surface area (Å²) in [4.78, 5) is 39.8. The van der Waals surface area contributed by atoms with E-state index >= 15 is 0 Å². The summed E-state index contributed by atoms with van der Waals surface area (Å²) in [5, 5.41) is 8.05. The molecular formula is C32H26Cl2FN3O4S. The molecule has 4 aromatic carbocycles. The zero-order chi connectivity index (χ0) is 30.9. The minimum atomic E-state index is -0.701. The van der Waals surface area contributed by atoms with E-state index in [0.29, 0.717) is 32.6 Å². The highest BCUT2D eigenvalue weighted by Crippen LogP contribution is 2.30. The van der Waals surface area contributed by atoms with Gasteiger partial charge in [-0.2, -0.15) is 0 Å². The summed E-state index contributed by atoms with van der Waals surface area (Å²) in [6.07, 6.45) is 1.18. The van der Waals surface area contributed by atoms with Gasteiger partial charge in [-0.05, 0) is 73.7 Å². The average Bonchev–Trinajstić information content (AvgIpc) is 2.99. The van der Waals surface area contributed by atoms with Crippen LogP contribution in [0.2, 0.25) is 10.0 Å². The molecule has 0 aliphatic rings.